The molecule has 1 aliphatic carbocycles. The highest BCUT2D eigenvalue weighted by Crippen LogP contribution is 2.17. The second-order valence-corrected chi connectivity index (χ2v) is 6.80. The van der Waals surface area contributed by atoms with Gasteiger partial charge in [0.2, 0.25) is 0 Å². The molecule has 2 rings (SSSR count). The third-order valence-electron chi connectivity index (χ3n) is 4.46. The van der Waals surface area contributed by atoms with Crippen LogP contribution in [0.3, 0.4) is 0 Å². The second kappa shape index (κ2) is 8.89. The first-order valence-electron chi connectivity index (χ1n) is 8.69. The maximum atomic E-state index is 13.1. The zero-order chi connectivity index (χ0) is 17.6. The topological polar surface area (TPSA) is 97.5 Å². The van der Waals surface area contributed by atoms with Crippen molar-refractivity contribution in [3.63, 3.8) is 0 Å². The minimum Gasteiger partial charge on any atom is -0.390 e. The molecule has 3 unspecified atom stereocenters. The Hall–Kier alpha value is -1.03. The van der Waals surface area contributed by atoms with E-state index >= 15 is 0 Å². The van der Waals surface area contributed by atoms with E-state index in [-0.39, 0.29) is 24.3 Å². The van der Waals surface area contributed by atoms with E-state index in [9.17, 15) is 13.6 Å². The van der Waals surface area contributed by atoms with Crippen molar-refractivity contribution >= 4 is 6.03 Å². The lowest BCUT2D eigenvalue weighted by molar-refractivity contribution is -0.0514. The van der Waals surface area contributed by atoms with Crippen molar-refractivity contribution in [1.82, 2.24) is 26.6 Å². The first-order valence-corrected chi connectivity index (χ1v) is 8.69. The van der Waals surface area contributed by atoms with Gasteiger partial charge < -0.3 is 15.7 Å². The summed E-state index contributed by atoms with van der Waals surface area (Å²) in [5.74, 6) is -3.16. The van der Waals surface area contributed by atoms with Crippen molar-refractivity contribution in [3.05, 3.63) is 0 Å². The maximum Gasteiger partial charge on any atom is 0.317 e. The Kier molecular flexibility index (Phi) is 7.15. The number of rotatable bonds is 6. The Morgan fingerprint density at radius 3 is 2.58 bits per heavy atom. The van der Waals surface area contributed by atoms with Gasteiger partial charge in [-0.3, -0.25) is 16.0 Å². The van der Waals surface area contributed by atoms with Crippen LogP contribution < -0.4 is 26.6 Å². The Morgan fingerprint density at radius 2 is 1.92 bits per heavy atom. The molecule has 2 aliphatic rings. The van der Waals surface area contributed by atoms with Crippen LogP contribution in [-0.2, 0) is 0 Å². The number of aliphatic hydroxyl groups excluding tert-OH is 1. The largest absolute Gasteiger partial charge is 0.390 e. The van der Waals surface area contributed by atoms with Gasteiger partial charge in [-0.05, 0) is 26.2 Å². The number of alkyl halides is 2. The summed E-state index contributed by atoms with van der Waals surface area (Å²) in [7, 11) is 0. The minimum absolute atomic E-state index is 0.0477. The van der Waals surface area contributed by atoms with E-state index in [2.05, 4.69) is 26.6 Å². The standard InChI is InChI=1S/C15H29F2N5O2/c1-10-7-12(18-8-15(16,17)9-23)21-13(19-10)22-14(24)20-11-5-3-2-4-6-11/h10-13,18-19,21,23H,2-9H2,1H3,(H2,20,22,24). The fourth-order valence-electron chi connectivity index (χ4n) is 3.18. The molecule has 1 aliphatic heterocycles. The summed E-state index contributed by atoms with van der Waals surface area (Å²) in [6.45, 7) is 0.119. The monoisotopic (exact) mass is 349 g/mol. The molecule has 0 spiro atoms. The molecule has 0 aromatic heterocycles. The second-order valence-electron chi connectivity index (χ2n) is 6.80. The molecule has 6 N–H and O–H groups in total. The molecule has 24 heavy (non-hydrogen) atoms. The van der Waals surface area contributed by atoms with Crippen molar-refractivity contribution in [2.45, 2.75) is 75.9 Å². The highest BCUT2D eigenvalue weighted by molar-refractivity contribution is 5.74. The normalized spacial score (nSPS) is 29.2. The van der Waals surface area contributed by atoms with E-state index < -0.39 is 25.4 Å². The van der Waals surface area contributed by atoms with Crippen LogP contribution in [0.4, 0.5) is 13.6 Å². The van der Waals surface area contributed by atoms with Crippen molar-refractivity contribution in [3.8, 4) is 0 Å². The molecule has 9 heteroatoms. The van der Waals surface area contributed by atoms with Gasteiger partial charge in [0.25, 0.3) is 5.92 Å². The highest BCUT2D eigenvalue weighted by Gasteiger charge is 2.31. The minimum atomic E-state index is -3.16. The highest BCUT2D eigenvalue weighted by atomic mass is 19.3. The van der Waals surface area contributed by atoms with Crippen LogP contribution in [0, 0.1) is 0 Å². The van der Waals surface area contributed by atoms with Gasteiger partial charge in [0.15, 0.2) is 0 Å². The molecule has 3 atom stereocenters. The Balaban J connectivity index is 1.76. The van der Waals surface area contributed by atoms with Gasteiger partial charge >= 0.3 is 6.03 Å². The van der Waals surface area contributed by atoms with Crippen LogP contribution >= 0.6 is 0 Å². The molecule has 2 fully saturated rings. The van der Waals surface area contributed by atoms with Crippen LogP contribution in [0.5, 0.6) is 0 Å². The molecule has 7 nitrogen and oxygen atoms in total. The summed E-state index contributed by atoms with van der Waals surface area (Å²) in [4.78, 5) is 12.1. The molecule has 0 bridgehead atoms. The summed E-state index contributed by atoms with van der Waals surface area (Å²) < 4.78 is 26.3. The number of aliphatic hydroxyl groups is 1. The van der Waals surface area contributed by atoms with Crippen molar-refractivity contribution in [1.29, 1.82) is 0 Å². The molecule has 1 heterocycles. The molecule has 140 valence electrons. The third kappa shape index (κ3) is 6.46. The quantitative estimate of drug-likeness (QED) is 0.418. The van der Waals surface area contributed by atoms with E-state index in [4.69, 9.17) is 5.11 Å². The number of carbonyl (C=O) groups is 1. The Bertz CT molecular complexity index is 407. The molecule has 1 saturated carbocycles. The first kappa shape index (κ1) is 19.3. The van der Waals surface area contributed by atoms with Gasteiger partial charge in [-0.15, -0.1) is 0 Å². The number of hydrogen-bond donors (Lipinski definition) is 6. The lowest BCUT2D eigenvalue weighted by Crippen LogP contribution is -2.69. The molecule has 2 amide bonds. The number of nitrogens with one attached hydrogen (secondary N) is 5. The van der Waals surface area contributed by atoms with E-state index in [0.717, 1.165) is 25.7 Å². The zero-order valence-electron chi connectivity index (χ0n) is 14.1. The summed E-state index contributed by atoms with van der Waals surface area (Å²) in [5, 5.41) is 23.3. The lowest BCUT2D eigenvalue weighted by Gasteiger charge is -2.37. The van der Waals surface area contributed by atoms with Crippen LogP contribution in [-0.4, -0.2) is 54.8 Å². The average molecular weight is 349 g/mol. The van der Waals surface area contributed by atoms with Crippen LogP contribution in [0.25, 0.3) is 0 Å². The molecule has 0 radical (unpaired) electrons. The molecule has 1 saturated heterocycles. The maximum absolute atomic E-state index is 13.1. The summed E-state index contributed by atoms with van der Waals surface area (Å²) in [6.07, 6.45) is 5.18. The predicted octanol–water partition coefficient (Wildman–Crippen LogP) is 0.417. The fraction of sp³-hybridized carbons (Fsp3) is 0.933. The van der Waals surface area contributed by atoms with Gasteiger partial charge in [-0.2, -0.15) is 0 Å². The fourth-order valence-corrected chi connectivity index (χ4v) is 3.18. The predicted molar refractivity (Wildman–Crippen MR) is 86.5 cm³/mol. The van der Waals surface area contributed by atoms with Gasteiger partial charge in [0, 0.05) is 12.1 Å². The summed E-state index contributed by atoms with van der Waals surface area (Å²) in [5.41, 5.74) is 0. The van der Waals surface area contributed by atoms with Crippen LogP contribution in [0.15, 0.2) is 0 Å². The van der Waals surface area contributed by atoms with E-state index in [1.165, 1.54) is 6.42 Å². The summed E-state index contributed by atoms with van der Waals surface area (Å²) in [6, 6.07) is -0.0103. The number of halogens is 2. The Morgan fingerprint density at radius 1 is 1.21 bits per heavy atom. The Labute approximate surface area is 141 Å². The van der Waals surface area contributed by atoms with Gasteiger partial charge in [-0.1, -0.05) is 19.3 Å². The average Bonchev–Trinajstić information content (AvgIpc) is 2.53. The van der Waals surface area contributed by atoms with Crippen molar-refractivity contribution in [2.24, 2.45) is 0 Å². The van der Waals surface area contributed by atoms with E-state index in [0.29, 0.717) is 6.42 Å². The first-order chi connectivity index (χ1) is 11.4. The molecular weight excluding hydrogens is 320 g/mol. The van der Waals surface area contributed by atoms with E-state index in [1.807, 2.05) is 6.92 Å². The van der Waals surface area contributed by atoms with Gasteiger partial charge in [0.1, 0.15) is 12.9 Å². The summed E-state index contributed by atoms with van der Waals surface area (Å²) >= 11 is 0. The van der Waals surface area contributed by atoms with Gasteiger partial charge in [0.05, 0.1) is 12.7 Å². The van der Waals surface area contributed by atoms with E-state index in [1.54, 1.807) is 0 Å². The van der Waals surface area contributed by atoms with Crippen LogP contribution in [0.1, 0.15) is 45.4 Å². The smallest absolute Gasteiger partial charge is 0.317 e. The molecule has 0 aromatic carbocycles. The number of hydrogen-bond acceptors (Lipinski definition) is 5. The SMILES string of the molecule is CC1CC(NCC(F)(F)CO)NC(NC(=O)NC2CCCCC2)N1. The van der Waals surface area contributed by atoms with Crippen molar-refractivity contribution in [2.75, 3.05) is 13.2 Å². The number of carbonyl (C=O) groups excluding carboxylic acids is 1. The van der Waals surface area contributed by atoms with Gasteiger partial charge in [-0.25, -0.2) is 13.6 Å². The third-order valence-corrected chi connectivity index (χ3v) is 4.46. The lowest BCUT2D eigenvalue weighted by atomic mass is 9.96. The van der Waals surface area contributed by atoms with Crippen molar-refractivity contribution < 1.29 is 18.7 Å². The number of urea groups is 1. The molecule has 0 aromatic rings. The van der Waals surface area contributed by atoms with Crippen LogP contribution in [0.2, 0.25) is 0 Å². The number of amides is 2. The zero-order valence-corrected chi connectivity index (χ0v) is 14.1. The molecular formula is C15H29F2N5O2.